The molecular weight excluding hydrogens is 228 g/mol. The molecule has 0 saturated carbocycles. The number of halogens is 1. The summed E-state index contributed by atoms with van der Waals surface area (Å²) in [5, 5.41) is 8.76. The van der Waals surface area contributed by atoms with E-state index in [4.69, 9.17) is 16.3 Å². The summed E-state index contributed by atoms with van der Waals surface area (Å²) in [4.78, 5) is 6.27. The fourth-order valence-corrected chi connectivity index (χ4v) is 2.05. The Kier molecular flexibility index (Phi) is 2.41. The van der Waals surface area contributed by atoms with Crippen molar-refractivity contribution in [3.63, 3.8) is 0 Å². The van der Waals surface area contributed by atoms with Crippen LogP contribution in [0.5, 0.6) is 0 Å². The van der Waals surface area contributed by atoms with Gasteiger partial charge in [0, 0.05) is 25.4 Å². The Hall–Kier alpha value is -1.33. The minimum Gasteiger partial charge on any atom is -0.378 e. The maximum atomic E-state index is 5.82. The lowest BCUT2D eigenvalue weighted by Gasteiger charge is -2.26. The summed E-state index contributed by atoms with van der Waals surface area (Å²) in [6, 6.07) is 1.79. The summed E-state index contributed by atoms with van der Waals surface area (Å²) < 4.78 is 5.31. The molecule has 2 aromatic rings. The van der Waals surface area contributed by atoms with E-state index in [9.17, 15) is 0 Å². The van der Waals surface area contributed by atoms with Gasteiger partial charge in [-0.2, -0.15) is 5.10 Å². The van der Waals surface area contributed by atoms with Crippen molar-refractivity contribution in [2.75, 3.05) is 31.2 Å². The molecule has 0 aromatic carbocycles. The van der Waals surface area contributed by atoms with Crippen molar-refractivity contribution >= 4 is 28.3 Å². The lowest BCUT2D eigenvalue weighted by atomic mass is 10.3. The van der Waals surface area contributed by atoms with Crippen LogP contribution in [0.15, 0.2) is 12.3 Å². The van der Waals surface area contributed by atoms with Gasteiger partial charge in [-0.15, -0.1) is 0 Å². The van der Waals surface area contributed by atoms with E-state index in [1.54, 1.807) is 12.3 Å². The number of anilines is 1. The second-order valence-corrected chi connectivity index (χ2v) is 4.09. The topological polar surface area (TPSA) is 54.0 Å². The van der Waals surface area contributed by atoms with Crippen LogP contribution in [-0.2, 0) is 4.74 Å². The normalized spacial score (nSPS) is 16.9. The second-order valence-electron chi connectivity index (χ2n) is 3.70. The lowest BCUT2D eigenvalue weighted by molar-refractivity contribution is 0.122. The van der Waals surface area contributed by atoms with Crippen molar-refractivity contribution < 1.29 is 4.74 Å². The largest absolute Gasteiger partial charge is 0.378 e. The van der Waals surface area contributed by atoms with Gasteiger partial charge in [-0.1, -0.05) is 11.6 Å². The highest BCUT2D eigenvalue weighted by molar-refractivity contribution is 6.30. The molecule has 3 heterocycles. The van der Waals surface area contributed by atoms with Gasteiger partial charge in [-0.05, 0) is 0 Å². The van der Waals surface area contributed by atoms with Crippen LogP contribution in [-0.4, -0.2) is 41.5 Å². The summed E-state index contributed by atoms with van der Waals surface area (Å²) in [5.41, 5.74) is 0.918. The van der Waals surface area contributed by atoms with Gasteiger partial charge in [0.2, 0.25) is 0 Å². The van der Waals surface area contributed by atoms with Crippen molar-refractivity contribution in [1.29, 1.82) is 0 Å². The monoisotopic (exact) mass is 238 g/mol. The van der Waals surface area contributed by atoms with Crippen LogP contribution in [0.4, 0.5) is 5.82 Å². The third-order valence-electron chi connectivity index (χ3n) is 2.70. The molecule has 2 aromatic heterocycles. The van der Waals surface area contributed by atoms with Crippen molar-refractivity contribution in [3.05, 3.63) is 17.4 Å². The highest BCUT2D eigenvalue weighted by Gasteiger charge is 2.16. The highest BCUT2D eigenvalue weighted by Crippen LogP contribution is 2.25. The third kappa shape index (κ3) is 1.62. The van der Waals surface area contributed by atoms with E-state index >= 15 is 0 Å². The molecule has 5 nitrogen and oxygen atoms in total. The first-order valence-electron chi connectivity index (χ1n) is 5.17. The molecule has 0 atom stereocenters. The van der Waals surface area contributed by atoms with Gasteiger partial charge >= 0.3 is 0 Å². The number of rotatable bonds is 1. The van der Waals surface area contributed by atoms with E-state index in [0.717, 1.165) is 43.0 Å². The zero-order valence-electron chi connectivity index (χ0n) is 8.61. The summed E-state index contributed by atoms with van der Waals surface area (Å²) in [6.07, 6.45) is 1.76. The molecule has 0 radical (unpaired) electrons. The highest BCUT2D eigenvalue weighted by atomic mass is 35.5. The van der Waals surface area contributed by atoms with Crippen molar-refractivity contribution in [2.45, 2.75) is 0 Å². The number of fused-ring (bicyclic) bond motifs is 1. The Bertz CT molecular complexity index is 506. The number of aromatic nitrogens is 3. The predicted molar refractivity (Wildman–Crippen MR) is 61.9 cm³/mol. The molecule has 84 valence electrons. The van der Waals surface area contributed by atoms with Crippen molar-refractivity contribution in [1.82, 2.24) is 15.2 Å². The van der Waals surface area contributed by atoms with Crippen LogP contribution in [0.2, 0.25) is 5.15 Å². The summed E-state index contributed by atoms with van der Waals surface area (Å²) >= 11 is 5.82. The Morgan fingerprint density at radius 1 is 1.38 bits per heavy atom. The smallest absolute Gasteiger partial charge is 0.160 e. The van der Waals surface area contributed by atoms with Crippen LogP contribution in [0.3, 0.4) is 0 Å². The minimum absolute atomic E-state index is 0.477. The predicted octanol–water partition coefficient (Wildman–Crippen LogP) is 1.45. The summed E-state index contributed by atoms with van der Waals surface area (Å²) in [5.74, 6) is 0.933. The summed E-state index contributed by atoms with van der Waals surface area (Å²) in [6.45, 7) is 3.22. The third-order valence-corrected chi connectivity index (χ3v) is 2.91. The first-order valence-corrected chi connectivity index (χ1v) is 5.55. The van der Waals surface area contributed by atoms with Crippen LogP contribution in [0.25, 0.3) is 10.9 Å². The Labute approximate surface area is 97.4 Å². The Morgan fingerprint density at radius 2 is 2.19 bits per heavy atom. The van der Waals surface area contributed by atoms with Crippen LogP contribution in [0, 0.1) is 0 Å². The number of nitrogens with one attached hydrogen (secondary N) is 1. The molecule has 1 aliphatic heterocycles. The van der Waals surface area contributed by atoms with Crippen LogP contribution < -0.4 is 4.90 Å². The molecule has 1 fully saturated rings. The van der Waals surface area contributed by atoms with E-state index in [-0.39, 0.29) is 0 Å². The number of ether oxygens (including phenoxy) is 1. The quantitative estimate of drug-likeness (QED) is 0.764. The first kappa shape index (κ1) is 9.86. The molecule has 0 unspecified atom stereocenters. The Balaban J connectivity index is 2.03. The molecule has 0 aliphatic carbocycles. The standard InChI is InChI=1S/C10H11ClN4O/c11-9-5-8-7(6-12-9)10(14-13-8)15-1-3-16-4-2-15/h5-6H,1-4H2,(H,13,14). The number of H-pyrrole nitrogens is 1. The van der Waals surface area contributed by atoms with Crippen molar-refractivity contribution in [2.24, 2.45) is 0 Å². The maximum Gasteiger partial charge on any atom is 0.160 e. The van der Waals surface area contributed by atoms with E-state index in [1.165, 1.54) is 0 Å². The van der Waals surface area contributed by atoms with E-state index in [2.05, 4.69) is 20.1 Å². The SMILES string of the molecule is Clc1cc2[nH]nc(N3CCOCC3)c2cn1. The number of hydrogen-bond donors (Lipinski definition) is 1. The fourth-order valence-electron chi connectivity index (χ4n) is 1.89. The first-order chi connectivity index (χ1) is 7.84. The molecule has 3 rings (SSSR count). The zero-order chi connectivity index (χ0) is 11.0. The second kappa shape index (κ2) is 3.92. The number of aromatic amines is 1. The Morgan fingerprint density at radius 3 is 3.00 bits per heavy atom. The van der Waals surface area contributed by atoms with Gasteiger partial charge in [0.25, 0.3) is 0 Å². The van der Waals surface area contributed by atoms with Gasteiger partial charge in [0.1, 0.15) is 5.15 Å². The number of nitrogens with zero attached hydrogens (tertiary/aromatic N) is 3. The molecule has 1 saturated heterocycles. The summed E-state index contributed by atoms with van der Waals surface area (Å²) in [7, 11) is 0. The number of hydrogen-bond acceptors (Lipinski definition) is 4. The van der Waals surface area contributed by atoms with Gasteiger partial charge < -0.3 is 9.64 Å². The van der Waals surface area contributed by atoms with Crippen molar-refractivity contribution in [3.8, 4) is 0 Å². The van der Waals surface area contributed by atoms with Gasteiger partial charge in [0.15, 0.2) is 5.82 Å². The average Bonchev–Trinajstić information content (AvgIpc) is 2.73. The number of morpholine rings is 1. The molecule has 0 bridgehead atoms. The molecule has 16 heavy (non-hydrogen) atoms. The minimum atomic E-state index is 0.477. The molecule has 6 heteroatoms. The number of pyridine rings is 1. The van der Waals surface area contributed by atoms with Gasteiger partial charge in [-0.3, -0.25) is 5.10 Å². The maximum absolute atomic E-state index is 5.82. The van der Waals surface area contributed by atoms with Crippen LogP contribution in [0.1, 0.15) is 0 Å². The van der Waals surface area contributed by atoms with Gasteiger partial charge in [-0.25, -0.2) is 4.98 Å². The van der Waals surface area contributed by atoms with E-state index in [0.29, 0.717) is 5.15 Å². The van der Waals surface area contributed by atoms with Crippen LogP contribution >= 0.6 is 11.6 Å². The van der Waals surface area contributed by atoms with Gasteiger partial charge in [0.05, 0.1) is 24.1 Å². The lowest BCUT2D eigenvalue weighted by Crippen LogP contribution is -2.36. The van der Waals surface area contributed by atoms with E-state index < -0.39 is 0 Å². The molecule has 0 amide bonds. The van der Waals surface area contributed by atoms with E-state index in [1.807, 2.05) is 0 Å². The fraction of sp³-hybridized carbons (Fsp3) is 0.400. The molecule has 0 spiro atoms. The zero-order valence-corrected chi connectivity index (χ0v) is 9.37. The average molecular weight is 239 g/mol. The molecule has 1 aliphatic rings. The molecule has 1 N–H and O–H groups in total. The molecular formula is C10H11ClN4O.